The van der Waals surface area contributed by atoms with E-state index in [1.54, 1.807) is 26.2 Å². The molecule has 108 valence electrons. The Balaban J connectivity index is 2.39. The maximum atomic E-state index is 10.0. The van der Waals surface area contributed by atoms with Crippen molar-refractivity contribution in [1.29, 1.82) is 0 Å². The zero-order chi connectivity index (χ0) is 14.3. The van der Waals surface area contributed by atoms with Gasteiger partial charge in [0.25, 0.3) is 0 Å². The van der Waals surface area contributed by atoms with Gasteiger partial charge in [-0.1, -0.05) is 29.8 Å². The van der Waals surface area contributed by atoms with Gasteiger partial charge in [0.05, 0.1) is 11.7 Å². The molecule has 2 unspecified atom stereocenters. The highest BCUT2D eigenvalue weighted by Gasteiger charge is 2.20. The van der Waals surface area contributed by atoms with E-state index in [0.717, 1.165) is 0 Å². The standard InChI is InChI=1S/C14H22ClNO3/c1-14(18,7-8-19-2)10-16-9-13(17)11-5-3-4-6-12(11)15/h3-6,13,16-18H,7-10H2,1-2H3. The van der Waals surface area contributed by atoms with Crippen LogP contribution in [0, 0.1) is 0 Å². The highest BCUT2D eigenvalue weighted by atomic mass is 35.5. The Hall–Kier alpha value is -0.650. The van der Waals surface area contributed by atoms with E-state index >= 15 is 0 Å². The van der Waals surface area contributed by atoms with Gasteiger partial charge in [0, 0.05) is 43.8 Å². The van der Waals surface area contributed by atoms with Crippen molar-refractivity contribution >= 4 is 11.6 Å². The Kier molecular flexibility index (Phi) is 6.75. The Bertz CT molecular complexity index is 385. The molecule has 0 saturated heterocycles. The van der Waals surface area contributed by atoms with E-state index in [-0.39, 0.29) is 0 Å². The average molecular weight is 288 g/mol. The molecule has 19 heavy (non-hydrogen) atoms. The third kappa shape index (κ3) is 5.89. The van der Waals surface area contributed by atoms with E-state index in [4.69, 9.17) is 16.3 Å². The first-order chi connectivity index (χ1) is 8.96. The van der Waals surface area contributed by atoms with E-state index in [1.807, 2.05) is 12.1 Å². The Morgan fingerprint density at radius 3 is 2.74 bits per heavy atom. The van der Waals surface area contributed by atoms with E-state index in [1.165, 1.54) is 0 Å². The van der Waals surface area contributed by atoms with Crippen molar-refractivity contribution in [2.24, 2.45) is 0 Å². The summed E-state index contributed by atoms with van der Waals surface area (Å²) in [4.78, 5) is 0. The number of hydrogen-bond acceptors (Lipinski definition) is 4. The summed E-state index contributed by atoms with van der Waals surface area (Å²) in [6.45, 7) is 2.97. The summed E-state index contributed by atoms with van der Waals surface area (Å²) in [6.07, 6.45) is -0.148. The highest BCUT2D eigenvalue weighted by Crippen LogP contribution is 2.22. The number of aliphatic hydroxyl groups is 2. The van der Waals surface area contributed by atoms with Crippen LogP contribution < -0.4 is 5.32 Å². The van der Waals surface area contributed by atoms with Crippen LogP contribution in [0.4, 0.5) is 0 Å². The van der Waals surface area contributed by atoms with Crippen molar-refractivity contribution in [3.05, 3.63) is 34.9 Å². The van der Waals surface area contributed by atoms with Crippen LogP contribution in [0.15, 0.2) is 24.3 Å². The van der Waals surface area contributed by atoms with Crippen molar-refractivity contribution in [3.63, 3.8) is 0 Å². The van der Waals surface area contributed by atoms with Gasteiger partial charge >= 0.3 is 0 Å². The minimum absolute atomic E-state index is 0.340. The van der Waals surface area contributed by atoms with Crippen molar-refractivity contribution < 1.29 is 14.9 Å². The molecule has 0 aliphatic heterocycles. The highest BCUT2D eigenvalue weighted by molar-refractivity contribution is 6.31. The second-order valence-corrected chi connectivity index (χ2v) is 5.32. The van der Waals surface area contributed by atoms with Gasteiger partial charge in [0.2, 0.25) is 0 Å². The third-order valence-electron chi connectivity index (χ3n) is 2.95. The molecule has 0 radical (unpaired) electrons. The third-order valence-corrected chi connectivity index (χ3v) is 3.30. The zero-order valence-corrected chi connectivity index (χ0v) is 12.2. The number of hydrogen-bond donors (Lipinski definition) is 3. The molecule has 0 aliphatic carbocycles. The van der Waals surface area contributed by atoms with Crippen LogP contribution in [-0.4, -0.2) is 42.6 Å². The molecule has 0 aromatic heterocycles. The molecule has 1 aromatic carbocycles. The number of ether oxygens (including phenoxy) is 1. The predicted molar refractivity (Wildman–Crippen MR) is 76.4 cm³/mol. The summed E-state index contributed by atoms with van der Waals surface area (Å²) in [7, 11) is 1.60. The normalized spacial score (nSPS) is 16.1. The van der Waals surface area contributed by atoms with E-state index in [0.29, 0.717) is 36.7 Å². The van der Waals surface area contributed by atoms with Gasteiger partial charge in [-0.2, -0.15) is 0 Å². The molecule has 0 bridgehead atoms. The summed E-state index contributed by atoms with van der Waals surface area (Å²) < 4.78 is 4.94. The van der Waals surface area contributed by atoms with Crippen LogP contribution in [-0.2, 0) is 4.74 Å². The fourth-order valence-corrected chi connectivity index (χ4v) is 2.01. The molecular weight excluding hydrogens is 266 g/mol. The van der Waals surface area contributed by atoms with Gasteiger partial charge in [-0.25, -0.2) is 0 Å². The number of aliphatic hydroxyl groups excluding tert-OH is 1. The van der Waals surface area contributed by atoms with Crippen LogP contribution in [0.5, 0.6) is 0 Å². The van der Waals surface area contributed by atoms with Crippen LogP contribution in [0.2, 0.25) is 5.02 Å². The van der Waals surface area contributed by atoms with Gasteiger partial charge in [0.1, 0.15) is 0 Å². The predicted octanol–water partition coefficient (Wildman–Crippen LogP) is 1.75. The minimum Gasteiger partial charge on any atom is -0.389 e. The van der Waals surface area contributed by atoms with Crippen molar-refractivity contribution in [3.8, 4) is 0 Å². The molecule has 1 aromatic rings. The van der Waals surface area contributed by atoms with Gasteiger partial charge < -0.3 is 20.3 Å². The summed E-state index contributed by atoms with van der Waals surface area (Å²) in [5, 5.41) is 23.6. The number of benzene rings is 1. The second kappa shape index (κ2) is 7.82. The first-order valence-electron chi connectivity index (χ1n) is 6.31. The summed E-state index contributed by atoms with van der Waals surface area (Å²) >= 11 is 6.00. The zero-order valence-electron chi connectivity index (χ0n) is 11.4. The lowest BCUT2D eigenvalue weighted by atomic mass is 10.0. The van der Waals surface area contributed by atoms with E-state index < -0.39 is 11.7 Å². The average Bonchev–Trinajstić information content (AvgIpc) is 2.36. The SMILES string of the molecule is COCCC(C)(O)CNCC(O)c1ccccc1Cl. The minimum atomic E-state index is -0.851. The quantitative estimate of drug-likeness (QED) is 0.682. The number of nitrogens with one attached hydrogen (secondary N) is 1. The van der Waals surface area contributed by atoms with Gasteiger partial charge in [-0.15, -0.1) is 0 Å². The molecule has 5 heteroatoms. The molecule has 2 atom stereocenters. The maximum Gasteiger partial charge on any atom is 0.0928 e. The van der Waals surface area contributed by atoms with Gasteiger partial charge in [-0.3, -0.25) is 0 Å². The van der Waals surface area contributed by atoms with E-state index in [9.17, 15) is 10.2 Å². The fourth-order valence-electron chi connectivity index (χ4n) is 1.74. The molecule has 0 spiro atoms. The molecule has 0 heterocycles. The van der Waals surface area contributed by atoms with Crippen LogP contribution in [0.3, 0.4) is 0 Å². The first kappa shape index (κ1) is 16.4. The van der Waals surface area contributed by atoms with Crippen LogP contribution in [0.1, 0.15) is 25.0 Å². The first-order valence-corrected chi connectivity index (χ1v) is 6.68. The van der Waals surface area contributed by atoms with Gasteiger partial charge in [0.15, 0.2) is 0 Å². The molecule has 0 saturated carbocycles. The van der Waals surface area contributed by atoms with Crippen molar-refractivity contribution in [1.82, 2.24) is 5.32 Å². The molecule has 0 aliphatic rings. The van der Waals surface area contributed by atoms with Crippen molar-refractivity contribution in [2.45, 2.75) is 25.0 Å². The largest absolute Gasteiger partial charge is 0.389 e. The lowest BCUT2D eigenvalue weighted by Gasteiger charge is -2.24. The Morgan fingerprint density at radius 2 is 2.11 bits per heavy atom. The molecular formula is C14H22ClNO3. The monoisotopic (exact) mass is 287 g/mol. The molecule has 4 nitrogen and oxygen atoms in total. The molecule has 1 rings (SSSR count). The Morgan fingerprint density at radius 1 is 1.42 bits per heavy atom. The molecule has 3 N–H and O–H groups in total. The summed E-state index contributed by atoms with van der Waals surface area (Å²) in [5.41, 5.74) is -0.163. The van der Waals surface area contributed by atoms with Gasteiger partial charge in [-0.05, 0) is 13.0 Å². The van der Waals surface area contributed by atoms with E-state index in [2.05, 4.69) is 5.32 Å². The smallest absolute Gasteiger partial charge is 0.0928 e. The number of methoxy groups -OCH3 is 1. The number of halogens is 1. The fraction of sp³-hybridized carbons (Fsp3) is 0.571. The summed E-state index contributed by atoms with van der Waals surface area (Å²) in [6, 6.07) is 7.19. The maximum absolute atomic E-state index is 10.0. The van der Waals surface area contributed by atoms with Crippen LogP contribution >= 0.6 is 11.6 Å². The molecule has 0 fully saturated rings. The second-order valence-electron chi connectivity index (χ2n) is 4.91. The topological polar surface area (TPSA) is 61.7 Å². The van der Waals surface area contributed by atoms with Crippen LogP contribution in [0.25, 0.3) is 0 Å². The lowest BCUT2D eigenvalue weighted by molar-refractivity contribution is 0.0225. The van der Waals surface area contributed by atoms with Crippen molar-refractivity contribution in [2.75, 3.05) is 26.8 Å². The lowest BCUT2D eigenvalue weighted by Crippen LogP contribution is -2.40. The molecule has 0 amide bonds. The number of rotatable bonds is 8. The summed E-state index contributed by atoms with van der Waals surface area (Å²) in [5.74, 6) is 0. The Labute approximate surface area is 119 Å².